The molecule has 9 nitrogen and oxygen atoms in total. The fraction of sp³-hybridized carbons (Fsp3) is 0.296. The molecule has 3 rings (SSSR count). The van der Waals surface area contributed by atoms with E-state index in [1.165, 1.54) is 58.3 Å². The van der Waals surface area contributed by atoms with Gasteiger partial charge in [0.25, 0.3) is 10.0 Å². The maximum Gasteiger partial charge on any atom is 0.265 e. The topological polar surface area (TPSA) is 103 Å². The predicted molar refractivity (Wildman–Crippen MR) is 149 cm³/mol. The second-order valence-corrected chi connectivity index (χ2v) is 11.1. The number of hydrogen-bond donors (Lipinski definition) is 1. The molecule has 38 heavy (non-hydrogen) atoms. The van der Waals surface area contributed by atoms with Gasteiger partial charge in [0.15, 0.2) is 11.5 Å². The number of carbonyl (C=O) groups excluding carboxylic acids is 1. The third kappa shape index (κ3) is 7.05. The third-order valence-corrected chi connectivity index (χ3v) is 8.37. The SMILES string of the molecule is COc1ccc(OC)c(N(CC(=O)NCCSc2ccc(C)cc2)S(=O)(=O)c2ccc(OC)c(OC)c2)c1. The van der Waals surface area contributed by atoms with Gasteiger partial charge in [-0.15, -0.1) is 11.8 Å². The summed E-state index contributed by atoms with van der Waals surface area (Å²) in [5.74, 6) is 1.44. The lowest BCUT2D eigenvalue weighted by Gasteiger charge is -2.26. The van der Waals surface area contributed by atoms with E-state index >= 15 is 0 Å². The first-order valence-corrected chi connectivity index (χ1v) is 14.1. The maximum absolute atomic E-state index is 13.9. The molecule has 1 N–H and O–H groups in total. The largest absolute Gasteiger partial charge is 0.497 e. The lowest BCUT2D eigenvalue weighted by atomic mass is 10.2. The molecule has 0 aliphatic rings. The van der Waals surface area contributed by atoms with Gasteiger partial charge in [-0.25, -0.2) is 8.42 Å². The van der Waals surface area contributed by atoms with E-state index in [1.807, 2.05) is 31.2 Å². The number of amides is 1. The van der Waals surface area contributed by atoms with Gasteiger partial charge in [0.2, 0.25) is 5.91 Å². The number of nitrogens with one attached hydrogen (secondary N) is 1. The molecule has 0 aromatic heterocycles. The molecule has 0 spiro atoms. The van der Waals surface area contributed by atoms with Gasteiger partial charge in [0.05, 0.1) is 39.0 Å². The summed E-state index contributed by atoms with van der Waals surface area (Å²) in [5.41, 5.74) is 1.33. The molecule has 0 aliphatic heterocycles. The molecule has 0 fully saturated rings. The van der Waals surface area contributed by atoms with E-state index in [1.54, 1.807) is 23.9 Å². The lowest BCUT2D eigenvalue weighted by Crippen LogP contribution is -2.41. The zero-order valence-corrected chi connectivity index (χ0v) is 23.6. The summed E-state index contributed by atoms with van der Waals surface area (Å²) in [6.45, 7) is 1.90. The van der Waals surface area contributed by atoms with Crippen molar-refractivity contribution in [1.29, 1.82) is 0 Å². The number of methoxy groups -OCH3 is 4. The van der Waals surface area contributed by atoms with E-state index in [2.05, 4.69) is 5.32 Å². The molecule has 0 atom stereocenters. The molecule has 11 heteroatoms. The Morgan fingerprint density at radius 2 is 1.50 bits per heavy atom. The minimum absolute atomic E-state index is 0.0808. The highest BCUT2D eigenvalue weighted by Gasteiger charge is 2.31. The second-order valence-electron chi connectivity index (χ2n) is 8.08. The van der Waals surface area contributed by atoms with Crippen molar-refractivity contribution < 1.29 is 32.2 Å². The van der Waals surface area contributed by atoms with Gasteiger partial charge in [-0.2, -0.15) is 0 Å². The van der Waals surface area contributed by atoms with Crippen molar-refractivity contribution >= 4 is 33.4 Å². The number of thioether (sulfide) groups is 1. The number of ether oxygens (including phenoxy) is 4. The van der Waals surface area contributed by atoms with Gasteiger partial charge >= 0.3 is 0 Å². The number of aryl methyl sites for hydroxylation is 1. The van der Waals surface area contributed by atoms with Gasteiger partial charge in [-0.1, -0.05) is 17.7 Å². The van der Waals surface area contributed by atoms with Gasteiger partial charge < -0.3 is 24.3 Å². The molecule has 0 bridgehead atoms. The summed E-state index contributed by atoms with van der Waals surface area (Å²) < 4.78 is 50.1. The van der Waals surface area contributed by atoms with Crippen molar-refractivity contribution in [3.05, 3.63) is 66.2 Å². The van der Waals surface area contributed by atoms with Crippen LogP contribution in [0.2, 0.25) is 0 Å². The summed E-state index contributed by atoms with van der Waals surface area (Å²) in [7, 11) is 1.52. The van der Waals surface area contributed by atoms with Crippen LogP contribution in [0.3, 0.4) is 0 Å². The predicted octanol–water partition coefficient (Wildman–Crippen LogP) is 4.13. The summed E-state index contributed by atoms with van der Waals surface area (Å²) in [6, 6.07) is 17.1. The highest BCUT2D eigenvalue weighted by atomic mass is 32.2. The van der Waals surface area contributed by atoms with Gasteiger partial charge in [-0.3, -0.25) is 9.10 Å². The number of nitrogens with zero attached hydrogens (tertiary/aromatic N) is 1. The molecule has 0 saturated heterocycles. The first kappa shape index (κ1) is 29.0. The number of benzene rings is 3. The molecule has 3 aromatic carbocycles. The zero-order valence-electron chi connectivity index (χ0n) is 22.0. The van der Waals surface area contributed by atoms with E-state index in [0.717, 1.165) is 9.20 Å². The minimum Gasteiger partial charge on any atom is -0.497 e. The van der Waals surface area contributed by atoms with Crippen molar-refractivity contribution in [2.24, 2.45) is 0 Å². The Hall–Kier alpha value is -3.57. The van der Waals surface area contributed by atoms with Gasteiger partial charge in [0.1, 0.15) is 18.0 Å². The lowest BCUT2D eigenvalue weighted by molar-refractivity contribution is -0.119. The van der Waals surface area contributed by atoms with Crippen LogP contribution in [0.25, 0.3) is 0 Å². The average molecular weight is 561 g/mol. The normalized spacial score (nSPS) is 11.0. The summed E-state index contributed by atoms with van der Waals surface area (Å²) >= 11 is 1.60. The fourth-order valence-electron chi connectivity index (χ4n) is 3.58. The number of anilines is 1. The van der Waals surface area contributed by atoms with Crippen molar-refractivity contribution in [1.82, 2.24) is 5.32 Å². The highest BCUT2D eigenvalue weighted by Crippen LogP contribution is 2.37. The van der Waals surface area contributed by atoms with E-state index in [4.69, 9.17) is 18.9 Å². The highest BCUT2D eigenvalue weighted by molar-refractivity contribution is 7.99. The number of sulfonamides is 1. The van der Waals surface area contributed by atoms with Crippen molar-refractivity contribution in [3.8, 4) is 23.0 Å². The minimum atomic E-state index is -4.25. The Labute approximate surface area is 228 Å². The Bertz CT molecular complexity index is 1350. The van der Waals surface area contributed by atoms with Crippen molar-refractivity contribution in [2.75, 3.05) is 51.6 Å². The Kier molecular flexibility index (Phi) is 10.1. The molecule has 0 radical (unpaired) electrons. The van der Waals surface area contributed by atoms with Crippen LogP contribution in [0.4, 0.5) is 5.69 Å². The molecule has 0 unspecified atom stereocenters. The second kappa shape index (κ2) is 13.3. The molecule has 0 aliphatic carbocycles. The Morgan fingerprint density at radius 3 is 2.13 bits per heavy atom. The van der Waals surface area contributed by atoms with Crippen molar-refractivity contribution in [3.63, 3.8) is 0 Å². The number of hydrogen-bond acceptors (Lipinski definition) is 8. The smallest absolute Gasteiger partial charge is 0.265 e. The standard InChI is InChI=1S/C27H32N2O7S2/c1-19-6-9-21(10-7-19)37-15-14-28-27(30)18-29(23-16-20(33-2)8-12-24(23)34-3)38(31,32)22-11-13-25(35-4)26(17-22)36-5/h6-13,16-17H,14-15,18H2,1-5H3,(H,28,30). The first-order chi connectivity index (χ1) is 18.2. The van der Waals surface area contributed by atoms with E-state index in [9.17, 15) is 13.2 Å². The van der Waals surface area contributed by atoms with E-state index < -0.39 is 22.5 Å². The van der Waals surface area contributed by atoms with Crippen molar-refractivity contribution in [2.45, 2.75) is 16.7 Å². The molecule has 204 valence electrons. The molecule has 3 aromatic rings. The molecule has 0 heterocycles. The fourth-order valence-corrected chi connectivity index (χ4v) is 5.78. The van der Waals surface area contributed by atoms with Crippen LogP contribution in [0.15, 0.2) is 70.5 Å². The first-order valence-electron chi connectivity index (χ1n) is 11.7. The number of rotatable bonds is 13. The van der Waals surface area contributed by atoms with Crippen LogP contribution in [-0.2, 0) is 14.8 Å². The summed E-state index contributed by atoms with van der Waals surface area (Å²) in [5, 5.41) is 2.81. The zero-order chi connectivity index (χ0) is 27.7. The molecular formula is C27H32N2O7S2. The maximum atomic E-state index is 13.9. The average Bonchev–Trinajstić information content (AvgIpc) is 2.94. The van der Waals surface area contributed by atoms with Gasteiger partial charge in [0, 0.05) is 29.3 Å². The van der Waals surface area contributed by atoms with Crippen LogP contribution < -0.4 is 28.6 Å². The number of carbonyl (C=O) groups is 1. The Balaban J connectivity index is 1.88. The Morgan fingerprint density at radius 1 is 0.842 bits per heavy atom. The van der Waals surface area contributed by atoms with Crippen LogP contribution in [0.5, 0.6) is 23.0 Å². The van der Waals surface area contributed by atoms with Gasteiger partial charge in [-0.05, 0) is 43.3 Å². The summed E-state index contributed by atoms with van der Waals surface area (Å²) in [6.07, 6.45) is 0. The third-order valence-electron chi connectivity index (χ3n) is 5.60. The monoisotopic (exact) mass is 560 g/mol. The molecular weight excluding hydrogens is 528 g/mol. The van der Waals surface area contributed by atoms with E-state index in [0.29, 0.717) is 23.8 Å². The molecule has 1 amide bonds. The van der Waals surface area contributed by atoms with Crippen LogP contribution in [-0.4, -0.2) is 61.6 Å². The van der Waals surface area contributed by atoms with Crippen LogP contribution >= 0.6 is 11.8 Å². The molecule has 0 saturated carbocycles. The van der Waals surface area contributed by atoms with Crippen LogP contribution in [0, 0.1) is 6.92 Å². The summed E-state index contributed by atoms with van der Waals surface area (Å²) in [4.78, 5) is 14.0. The van der Waals surface area contributed by atoms with Crippen LogP contribution in [0.1, 0.15) is 5.56 Å². The van der Waals surface area contributed by atoms with E-state index in [-0.39, 0.29) is 22.1 Å². The quantitative estimate of drug-likeness (QED) is 0.246.